The molecule has 0 saturated carbocycles. The van der Waals surface area contributed by atoms with Crippen LogP contribution in [0, 0.1) is 0 Å². The highest BCUT2D eigenvalue weighted by Gasteiger charge is 2.31. The van der Waals surface area contributed by atoms with Crippen molar-refractivity contribution in [2.24, 2.45) is 5.10 Å². The Hall–Kier alpha value is -2.87. The standard InChI is InChI=1S/C16H11ClF3N3O2/c17-12-7-6-11(16(18,19)20)8-13(12)22-14(24)15(25)23-21-9-10-4-2-1-3-5-10/h1-9H,(H,22,24)(H,23,25). The Labute approximate surface area is 145 Å². The fourth-order valence-electron chi connectivity index (χ4n) is 1.73. The Bertz CT molecular complexity index is 808. The van der Waals surface area contributed by atoms with Gasteiger partial charge in [-0.25, -0.2) is 5.43 Å². The zero-order valence-corrected chi connectivity index (χ0v) is 13.2. The van der Waals surface area contributed by atoms with Gasteiger partial charge in [-0.3, -0.25) is 9.59 Å². The Morgan fingerprint density at radius 2 is 1.72 bits per heavy atom. The highest BCUT2D eigenvalue weighted by Crippen LogP contribution is 2.33. The number of anilines is 1. The lowest BCUT2D eigenvalue weighted by atomic mass is 10.2. The quantitative estimate of drug-likeness (QED) is 0.494. The summed E-state index contributed by atoms with van der Waals surface area (Å²) in [6.07, 6.45) is -3.30. The summed E-state index contributed by atoms with van der Waals surface area (Å²) in [5.74, 6) is -2.35. The number of hydrazone groups is 1. The molecular weight excluding hydrogens is 359 g/mol. The van der Waals surface area contributed by atoms with Crippen molar-refractivity contribution in [3.63, 3.8) is 0 Å². The molecule has 0 atom stereocenters. The van der Waals surface area contributed by atoms with Crippen LogP contribution in [0.5, 0.6) is 0 Å². The molecule has 0 bridgehead atoms. The second kappa shape index (κ2) is 7.80. The van der Waals surface area contributed by atoms with Crippen molar-refractivity contribution in [1.29, 1.82) is 0 Å². The number of hydrogen-bond acceptors (Lipinski definition) is 3. The number of alkyl halides is 3. The summed E-state index contributed by atoms with van der Waals surface area (Å²) in [4.78, 5) is 23.4. The lowest BCUT2D eigenvalue weighted by Crippen LogP contribution is -2.32. The van der Waals surface area contributed by atoms with Crippen molar-refractivity contribution >= 4 is 35.3 Å². The van der Waals surface area contributed by atoms with Gasteiger partial charge in [0.05, 0.1) is 22.5 Å². The molecule has 25 heavy (non-hydrogen) atoms. The molecule has 0 spiro atoms. The number of nitrogens with one attached hydrogen (secondary N) is 2. The van der Waals surface area contributed by atoms with Gasteiger partial charge < -0.3 is 5.32 Å². The van der Waals surface area contributed by atoms with Crippen LogP contribution in [0.15, 0.2) is 53.6 Å². The summed E-state index contributed by atoms with van der Waals surface area (Å²) in [5.41, 5.74) is 1.32. The van der Waals surface area contributed by atoms with E-state index in [0.717, 1.165) is 12.1 Å². The summed E-state index contributed by atoms with van der Waals surface area (Å²) in [6, 6.07) is 11.1. The molecule has 9 heteroatoms. The lowest BCUT2D eigenvalue weighted by Gasteiger charge is -2.11. The first-order valence-corrected chi connectivity index (χ1v) is 7.21. The molecule has 0 heterocycles. The van der Waals surface area contributed by atoms with E-state index in [1.807, 2.05) is 10.7 Å². The molecule has 2 amide bonds. The Kier molecular flexibility index (Phi) is 5.76. The molecule has 0 aromatic heterocycles. The van der Waals surface area contributed by atoms with E-state index in [-0.39, 0.29) is 10.7 Å². The average Bonchev–Trinajstić information content (AvgIpc) is 2.56. The molecule has 0 aliphatic rings. The van der Waals surface area contributed by atoms with Gasteiger partial charge in [-0.15, -0.1) is 0 Å². The first-order valence-electron chi connectivity index (χ1n) is 6.83. The lowest BCUT2D eigenvalue weighted by molar-refractivity contribution is -0.137. The molecule has 0 aliphatic carbocycles. The molecule has 0 unspecified atom stereocenters. The van der Waals surface area contributed by atoms with E-state index in [2.05, 4.69) is 5.10 Å². The third-order valence-electron chi connectivity index (χ3n) is 2.93. The van der Waals surface area contributed by atoms with Crippen LogP contribution in [0.3, 0.4) is 0 Å². The molecule has 2 rings (SSSR count). The number of amides is 2. The summed E-state index contributed by atoms with van der Waals surface area (Å²) < 4.78 is 38.0. The van der Waals surface area contributed by atoms with Crippen LogP contribution in [-0.4, -0.2) is 18.0 Å². The van der Waals surface area contributed by atoms with E-state index in [1.54, 1.807) is 30.3 Å². The van der Waals surface area contributed by atoms with E-state index in [4.69, 9.17) is 11.6 Å². The van der Waals surface area contributed by atoms with Crippen molar-refractivity contribution < 1.29 is 22.8 Å². The second-order valence-electron chi connectivity index (χ2n) is 4.76. The van der Waals surface area contributed by atoms with Crippen molar-refractivity contribution in [3.05, 3.63) is 64.7 Å². The smallest absolute Gasteiger partial charge is 0.316 e. The van der Waals surface area contributed by atoms with Gasteiger partial charge in [0, 0.05) is 0 Å². The molecule has 0 radical (unpaired) electrons. The normalized spacial score (nSPS) is 11.4. The van der Waals surface area contributed by atoms with Crippen molar-refractivity contribution in [2.75, 3.05) is 5.32 Å². The largest absolute Gasteiger partial charge is 0.416 e. The monoisotopic (exact) mass is 369 g/mol. The van der Waals surface area contributed by atoms with Crippen LogP contribution in [0.25, 0.3) is 0 Å². The average molecular weight is 370 g/mol. The Morgan fingerprint density at radius 3 is 2.36 bits per heavy atom. The number of carbonyl (C=O) groups is 2. The van der Waals surface area contributed by atoms with Crippen LogP contribution in [0.1, 0.15) is 11.1 Å². The maximum Gasteiger partial charge on any atom is 0.416 e. The van der Waals surface area contributed by atoms with Gasteiger partial charge in [0.25, 0.3) is 0 Å². The van der Waals surface area contributed by atoms with Crippen LogP contribution in [0.4, 0.5) is 18.9 Å². The van der Waals surface area contributed by atoms with E-state index in [9.17, 15) is 22.8 Å². The predicted octanol–water partition coefficient (Wildman–Crippen LogP) is 3.45. The highest BCUT2D eigenvalue weighted by molar-refractivity contribution is 6.41. The molecular formula is C16H11ClF3N3O2. The third-order valence-corrected chi connectivity index (χ3v) is 3.26. The Balaban J connectivity index is 2.01. The summed E-state index contributed by atoms with van der Waals surface area (Å²) >= 11 is 5.74. The third kappa shape index (κ3) is 5.32. The molecule has 5 nitrogen and oxygen atoms in total. The number of halogens is 4. The van der Waals surface area contributed by atoms with Gasteiger partial charge in [-0.05, 0) is 23.8 Å². The minimum atomic E-state index is -4.60. The minimum absolute atomic E-state index is 0.137. The molecule has 2 aromatic carbocycles. The SMILES string of the molecule is O=C(NN=Cc1ccccc1)C(=O)Nc1cc(C(F)(F)F)ccc1Cl. The van der Waals surface area contributed by atoms with E-state index >= 15 is 0 Å². The van der Waals surface area contributed by atoms with Crippen LogP contribution < -0.4 is 10.7 Å². The van der Waals surface area contributed by atoms with E-state index in [0.29, 0.717) is 11.6 Å². The van der Waals surface area contributed by atoms with Gasteiger partial charge >= 0.3 is 18.0 Å². The van der Waals surface area contributed by atoms with Crippen molar-refractivity contribution in [1.82, 2.24) is 5.43 Å². The fourth-order valence-corrected chi connectivity index (χ4v) is 1.90. The molecule has 0 fully saturated rings. The number of carbonyl (C=O) groups excluding carboxylic acids is 2. The second-order valence-corrected chi connectivity index (χ2v) is 5.16. The van der Waals surface area contributed by atoms with Crippen molar-refractivity contribution in [2.45, 2.75) is 6.18 Å². The molecule has 0 aliphatic heterocycles. The number of hydrogen-bond donors (Lipinski definition) is 2. The van der Waals surface area contributed by atoms with Crippen molar-refractivity contribution in [3.8, 4) is 0 Å². The Morgan fingerprint density at radius 1 is 1.04 bits per heavy atom. The van der Waals surface area contributed by atoms with E-state index in [1.165, 1.54) is 6.21 Å². The van der Waals surface area contributed by atoms with E-state index < -0.39 is 23.6 Å². The highest BCUT2D eigenvalue weighted by atomic mass is 35.5. The molecule has 2 aromatic rings. The summed E-state index contributed by atoms with van der Waals surface area (Å²) in [5, 5.41) is 5.46. The van der Waals surface area contributed by atoms with Gasteiger partial charge in [0.15, 0.2) is 0 Å². The first kappa shape index (κ1) is 18.5. The fraction of sp³-hybridized carbons (Fsp3) is 0.0625. The topological polar surface area (TPSA) is 70.6 Å². The molecule has 0 saturated heterocycles. The van der Waals surface area contributed by atoms with Crippen LogP contribution in [0.2, 0.25) is 5.02 Å². The van der Waals surface area contributed by atoms with Gasteiger partial charge in [-0.1, -0.05) is 41.9 Å². The minimum Gasteiger partial charge on any atom is -0.316 e. The van der Waals surface area contributed by atoms with Crippen LogP contribution >= 0.6 is 11.6 Å². The molecule has 130 valence electrons. The number of nitrogens with zero attached hydrogens (tertiary/aromatic N) is 1. The maximum atomic E-state index is 12.7. The van der Waals surface area contributed by atoms with Gasteiger partial charge in [0.2, 0.25) is 0 Å². The number of benzene rings is 2. The zero-order valence-electron chi connectivity index (χ0n) is 12.5. The van der Waals surface area contributed by atoms with Crippen LogP contribution in [-0.2, 0) is 15.8 Å². The summed E-state index contributed by atoms with van der Waals surface area (Å²) in [6.45, 7) is 0. The first-order chi connectivity index (χ1) is 11.8. The van der Waals surface area contributed by atoms with Gasteiger partial charge in [0.1, 0.15) is 0 Å². The zero-order chi connectivity index (χ0) is 18.4. The summed E-state index contributed by atoms with van der Waals surface area (Å²) in [7, 11) is 0. The maximum absolute atomic E-state index is 12.7. The molecule has 2 N–H and O–H groups in total. The van der Waals surface area contributed by atoms with Gasteiger partial charge in [-0.2, -0.15) is 18.3 Å². The number of rotatable bonds is 3. The predicted molar refractivity (Wildman–Crippen MR) is 87.3 cm³/mol.